The van der Waals surface area contributed by atoms with Crippen LogP contribution in [0.1, 0.15) is 11.8 Å². The summed E-state index contributed by atoms with van der Waals surface area (Å²) >= 11 is 0. The Labute approximate surface area is 133 Å². The van der Waals surface area contributed by atoms with E-state index in [-0.39, 0.29) is 17.4 Å². The summed E-state index contributed by atoms with van der Waals surface area (Å²) in [4.78, 5) is 24.3. The molecule has 0 radical (unpaired) electrons. The number of likely N-dealkylation sites (N-methyl/N-ethyl adjacent to an activating group) is 1. The van der Waals surface area contributed by atoms with Gasteiger partial charge in [0.25, 0.3) is 5.69 Å². The number of furan rings is 1. The standard InChI is InChI=1S/C15H18N4O4/c1-18(2)13(14-8-5-9-23-14)10-16-15(20)17-11-6-3-4-7-12(11)19(21)22/h3-9,13H,10H2,1-2H3,(H2,16,17,20)/t13-/m0/s1. The van der Waals surface area contributed by atoms with Gasteiger partial charge in [0.15, 0.2) is 0 Å². The highest BCUT2D eigenvalue weighted by molar-refractivity contribution is 5.91. The van der Waals surface area contributed by atoms with Crippen molar-refractivity contribution in [1.29, 1.82) is 0 Å². The molecule has 8 heteroatoms. The van der Waals surface area contributed by atoms with E-state index in [0.717, 1.165) is 5.76 Å². The lowest BCUT2D eigenvalue weighted by Gasteiger charge is -2.22. The minimum atomic E-state index is -0.541. The number of carbonyl (C=O) groups excluding carboxylic acids is 1. The number of nitro groups is 1. The number of rotatable bonds is 6. The molecule has 0 aliphatic heterocycles. The molecule has 1 heterocycles. The number of benzene rings is 1. The number of para-hydroxylation sites is 2. The molecule has 23 heavy (non-hydrogen) atoms. The van der Waals surface area contributed by atoms with Gasteiger partial charge in [0, 0.05) is 12.6 Å². The quantitative estimate of drug-likeness (QED) is 0.630. The maximum Gasteiger partial charge on any atom is 0.319 e. The summed E-state index contributed by atoms with van der Waals surface area (Å²) in [6, 6.07) is 8.92. The van der Waals surface area contributed by atoms with E-state index in [4.69, 9.17) is 4.42 Å². The molecular weight excluding hydrogens is 300 g/mol. The summed E-state index contributed by atoms with van der Waals surface area (Å²) in [7, 11) is 3.74. The van der Waals surface area contributed by atoms with Gasteiger partial charge in [-0.25, -0.2) is 4.79 Å². The van der Waals surface area contributed by atoms with Crippen LogP contribution in [0.2, 0.25) is 0 Å². The first-order chi connectivity index (χ1) is 11.0. The van der Waals surface area contributed by atoms with E-state index in [2.05, 4.69) is 10.6 Å². The Morgan fingerprint density at radius 2 is 2.04 bits per heavy atom. The van der Waals surface area contributed by atoms with Crippen molar-refractivity contribution in [2.45, 2.75) is 6.04 Å². The molecule has 2 N–H and O–H groups in total. The van der Waals surface area contributed by atoms with Gasteiger partial charge in [-0.05, 0) is 32.3 Å². The van der Waals surface area contributed by atoms with E-state index in [0.29, 0.717) is 6.54 Å². The average Bonchev–Trinajstić information content (AvgIpc) is 3.01. The van der Waals surface area contributed by atoms with Crippen LogP contribution in [-0.2, 0) is 0 Å². The van der Waals surface area contributed by atoms with Gasteiger partial charge in [-0.3, -0.25) is 15.0 Å². The lowest BCUT2D eigenvalue weighted by Crippen LogP contribution is -2.36. The Kier molecular flexibility index (Phi) is 5.32. The van der Waals surface area contributed by atoms with Crippen molar-refractivity contribution in [3.63, 3.8) is 0 Å². The largest absolute Gasteiger partial charge is 0.468 e. The van der Waals surface area contributed by atoms with E-state index < -0.39 is 11.0 Å². The van der Waals surface area contributed by atoms with Gasteiger partial charge in [0.05, 0.1) is 17.2 Å². The van der Waals surface area contributed by atoms with Crippen LogP contribution in [-0.4, -0.2) is 36.5 Å². The first-order valence-electron chi connectivity index (χ1n) is 6.97. The van der Waals surface area contributed by atoms with Gasteiger partial charge in [0.2, 0.25) is 0 Å². The van der Waals surface area contributed by atoms with Crippen LogP contribution in [0.4, 0.5) is 16.2 Å². The predicted molar refractivity (Wildman–Crippen MR) is 85.3 cm³/mol. The number of hydrogen-bond acceptors (Lipinski definition) is 5. The van der Waals surface area contributed by atoms with Crippen LogP contribution in [0.25, 0.3) is 0 Å². The highest BCUT2D eigenvalue weighted by atomic mass is 16.6. The molecule has 0 aliphatic rings. The maximum absolute atomic E-state index is 12.0. The molecule has 122 valence electrons. The second-order valence-electron chi connectivity index (χ2n) is 5.10. The van der Waals surface area contributed by atoms with Crippen LogP contribution >= 0.6 is 0 Å². The third kappa shape index (κ3) is 4.30. The molecule has 1 aromatic heterocycles. The molecule has 0 saturated heterocycles. The molecule has 0 unspecified atom stereocenters. The molecule has 0 saturated carbocycles. The van der Waals surface area contributed by atoms with Crippen LogP contribution in [0, 0.1) is 10.1 Å². The third-order valence-electron chi connectivity index (χ3n) is 3.30. The van der Waals surface area contributed by atoms with Crippen molar-refractivity contribution >= 4 is 17.4 Å². The van der Waals surface area contributed by atoms with Crippen LogP contribution in [0.15, 0.2) is 47.1 Å². The molecule has 2 amide bonds. The SMILES string of the molecule is CN(C)[C@@H](CNC(=O)Nc1ccccc1[N+](=O)[O-])c1ccco1. The van der Waals surface area contributed by atoms with Crippen molar-refractivity contribution in [2.24, 2.45) is 0 Å². The minimum Gasteiger partial charge on any atom is -0.468 e. The van der Waals surface area contributed by atoms with Crippen LogP contribution in [0.5, 0.6) is 0 Å². The van der Waals surface area contributed by atoms with E-state index in [9.17, 15) is 14.9 Å². The van der Waals surface area contributed by atoms with Crippen molar-refractivity contribution in [3.8, 4) is 0 Å². The summed E-state index contributed by atoms with van der Waals surface area (Å²) in [6.07, 6.45) is 1.57. The van der Waals surface area contributed by atoms with Crippen molar-refractivity contribution < 1.29 is 14.1 Å². The molecule has 8 nitrogen and oxygen atoms in total. The van der Waals surface area contributed by atoms with E-state index in [1.807, 2.05) is 25.1 Å². The van der Waals surface area contributed by atoms with E-state index >= 15 is 0 Å². The van der Waals surface area contributed by atoms with Gasteiger partial charge in [0.1, 0.15) is 11.4 Å². The fraction of sp³-hybridized carbons (Fsp3) is 0.267. The lowest BCUT2D eigenvalue weighted by atomic mass is 10.2. The number of nitrogens with one attached hydrogen (secondary N) is 2. The van der Waals surface area contributed by atoms with Crippen LogP contribution < -0.4 is 10.6 Å². The molecule has 0 aliphatic carbocycles. The molecule has 0 fully saturated rings. The number of amides is 2. The monoisotopic (exact) mass is 318 g/mol. The van der Waals surface area contributed by atoms with E-state index in [1.165, 1.54) is 12.1 Å². The number of anilines is 1. The lowest BCUT2D eigenvalue weighted by molar-refractivity contribution is -0.383. The van der Waals surface area contributed by atoms with Crippen molar-refractivity contribution in [1.82, 2.24) is 10.2 Å². The third-order valence-corrected chi connectivity index (χ3v) is 3.30. The number of nitro benzene ring substituents is 1. The van der Waals surface area contributed by atoms with Crippen molar-refractivity contribution in [2.75, 3.05) is 26.0 Å². The fourth-order valence-corrected chi connectivity index (χ4v) is 2.11. The first-order valence-corrected chi connectivity index (χ1v) is 6.97. The average molecular weight is 318 g/mol. The Morgan fingerprint density at radius 3 is 2.65 bits per heavy atom. The molecular formula is C15H18N4O4. The van der Waals surface area contributed by atoms with Crippen molar-refractivity contribution in [3.05, 3.63) is 58.5 Å². The molecule has 1 atom stereocenters. The summed E-state index contributed by atoms with van der Waals surface area (Å²) < 4.78 is 5.36. The summed E-state index contributed by atoms with van der Waals surface area (Å²) in [5.41, 5.74) is -0.00718. The predicted octanol–water partition coefficient (Wildman–Crippen LogP) is 2.61. The van der Waals surface area contributed by atoms with Crippen LogP contribution in [0.3, 0.4) is 0 Å². The topological polar surface area (TPSA) is 101 Å². The molecule has 2 aromatic rings. The van der Waals surface area contributed by atoms with E-state index in [1.54, 1.807) is 24.5 Å². The smallest absolute Gasteiger partial charge is 0.319 e. The Bertz CT molecular complexity index is 670. The molecule has 1 aromatic carbocycles. The fourth-order valence-electron chi connectivity index (χ4n) is 2.11. The zero-order chi connectivity index (χ0) is 16.8. The Hall–Kier alpha value is -2.87. The van der Waals surface area contributed by atoms with Gasteiger partial charge in [-0.15, -0.1) is 0 Å². The highest BCUT2D eigenvalue weighted by Crippen LogP contribution is 2.23. The molecule has 0 bridgehead atoms. The zero-order valence-corrected chi connectivity index (χ0v) is 12.9. The molecule has 2 rings (SSSR count). The Morgan fingerprint density at radius 1 is 1.30 bits per heavy atom. The number of carbonyl (C=O) groups is 1. The summed E-state index contributed by atoms with van der Waals surface area (Å²) in [5.74, 6) is 0.723. The second-order valence-corrected chi connectivity index (χ2v) is 5.10. The summed E-state index contributed by atoms with van der Waals surface area (Å²) in [6.45, 7) is 0.299. The zero-order valence-electron chi connectivity index (χ0n) is 12.9. The van der Waals surface area contributed by atoms with Gasteiger partial charge >= 0.3 is 6.03 Å². The first kappa shape index (κ1) is 16.5. The maximum atomic E-state index is 12.0. The van der Waals surface area contributed by atoms with Gasteiger partial charge in [-0.1, -0.05) is 12.1 Å². The molecule has 0 spiro atoms. The summed E-state index contributed by atoms with van der Waals surface area (Å²) in [5, 5.41) is 16.1. The number of hydrogen-bond donors (Lipinski definition) is 2. The highest BCUT2D eigenvalue weighted by Gasteiger charge is 2.19. The Balaban J connectivity index is 1.99. The van der Waals surface area contributed by atoms with Gasteiger partial charge in [-0.2, -0.15) is 0 Å². The number of nitrogens with zero attached hydrogens (tertiary/aromatic N) is 2. The normalized spacial score (nSPS) is 12.0. The second kappa shape index (κ2) is 7.41. The minimum absolute atomic E-state index is 0.137. The van der Waals surface area contributed by atoms with Gasteiger partial charge < -0.3 is 15.1 Å². The number of urea groups is 1.